The number of pyridine rings is 1. The Balaban J connectivity index is 0.00000153. The van der Waals surface area contributed by atoms with E-state index >= 15 is 0 Å². The normalized spacial score (nSPS) is 18.6. The number of likely N-dealkylation sites (N-methyl/N-ethyl adjacent to an activating group) is 3. The number of carbonyl (C=O) groups excluding carboxylic acids is 10. The number of likely N-dealkylation sites (tertiary alicyclic amines) is 1. The van der Waals surface area contributed by atoms with E-state index in [9.17, 15) is 33.2 Å². The van der Waals surface area contributed by atoms with Crippen molar-refractivity contribution in [1.82, 2.24) is 39.3 Å². The molecule has 2 amide bonds. The zero-order valence-electron chi connectivity index (χ0n) is 37.5. The van der Waals surface area contributed by atoms with Crippen molar-refractivity contribution in [2.45, 2.75) is 37.6 Å². The first kappa shape index (κ1) is 55.9. The van der Waals surface area contributed by atoms with Crippen LogP contribution in [0, 0.1) is 11.3 Å². The van der Waals surface area contributed by atoms with Crippen LogP contribution in [0.4, 0.5) is 8.78 Å². The van der Waals surface area contributed by atoms with Crippen LogP contribution in [0.2, 0.25) is 0 Å². The quantitative estimate of drug-likeness (QED) is 0.143. The van der Waals surface area contributed by atoms with E-state index in [0.717, 1.165) is 70.2 Å². The highest BCUT2D eigenvalue weighted by Crippen LogP contribution is 2.32. The zero-order chi connectivity index (χ0) is 49.1. The molecule has 0 bridgehead atoms. The summed E-state index contributed by atoms with van der Waals surface area (Å²) in [5.41, 5.74) is 0.923. The maximum atomic E-state index is 13.8. The molecule has 3 saturated heterocycles. The molecular weight excluding hydrogens is 873 g/mol. The van der Waals surface area contributed by atoms with E-state index in [-0.39, 0.29) is 62.1 Å². The Hall–Kier alpha value is -6.20. The number of rotatable bonds is 13. The fraction of sp³-hybridized carbons (Fsp3) is 0.605. The van der Waals surface area contributed by atoms with Crippen molar-refractivity contribution in [3.05, 3.63) is 36.0 Å². The molecule has 4 heterocycles. The van der Waals surface area contributed by atoms with Crippen LogP contribution in [0.1, 0.15) is 36.0 Å². The van der Waals surface area contributed by atoms with E-state index in [4.69, 9.17) is 38.2 Å². The Kier molecular flexibility index (Phi) is 25.5. The van der Waals surface area contributed by atoms with Crippen molar-refractivity contribution in [2.75, 3.05) is 133 Å². The summed E-state index contributed by atoms with van der Waals surface area (Å²) >= 11 is 0. The fourth-order valence-electron chi connectivity index (χ4n) is 7.22. The molecule has 0 radical (unpaired) electrons. The summed E-state index contributed by atoms with van der Waals surface area (Å²) in [6, 6.07) is 7.37. The second-order valence-corrected chi connectivity index (χ2v) is 15.7. The predicted molar refractivity (Wildman–Crippen MR) is 224 cm³/mol. The van der Waals surface area contributed by atoms with Crippen LogP contribution < -0.4 is 4.74 Å². The lowest BCUT2D eigenvalue weighted by Gasteiger charge is -2.34. The van der Waals surface area contributed by atoms with Crippen LogP contribution in [0.5, 0.6) is 5.75 Å². The molecule has 0 aliphatic carbocycles. The van der Waals surface area contributed by atoms with E-state index < -0.39 is 30.8 Å². The number of alkyl halides is 2. The topological polar surface area (TPSA) is 249 Å². The molecule has 3 aliphatic heterocycles. The van der Waals surface area contributed by atoms with Crippen LogP contribution >= 0.6 is 0 Å². The summed E-state index contributed by atoms with van der Waals surface area (Å²) < 4.78 is 39.1. The van der Waals surface area contributed by atoms with Gasteiger partial charge in [-0.15, -0.1) is 0 Å². The highest BCUT2D eigenvalue weighted by atomic mass is 19.3. The first-order chi connectivity index (χ1) is 31.5. The standard InChI is InChI=1S/C40H57F2N9O6.3CO2/c1-45-12-14-46(2)16-18-49(19-17-47(3)15-13-45)28-39(55)57-29-38(54)50-22-20-48(21-23-50)11-4-24-56-32-5-6-35-34(25-32)33(9-10-44-35)36(52)7-8-37(53)51-30-40(41,42)26-31(51)27-43;3*2-1-3/h5-6,9-10,25,31H,4,7-8,11-24,26,28-30H2,1-3H3;;;/t31-;;;/m0.../s1. The molecule has 0 spiro atoms. The minimum atomic E-state index is -3.12. The van der Waals surface area contributed by atoms with Crippen LogP contribution in [-0.2, 0) is 47.9 Å². The van der Waals surface area contributed by atoms with E-state index in [1.54, 1.807) is 35.2 Å². The number of nitriles is 1. The summed E-state index contributed by atoms with van der Waals surface area (Å²) in [5, 5.41) is 9.76. The van der Waals surface area contributed by atoms with Crippen LogP contribution in [0.25, 0.3) is 10.9 Å². The third kappa shape index (κ3) is 20.3. The van der Waals surface area contributed by atoms with Gasteiger partial charge in [0.25, 0.3) is 11.8 Å². The number of fused-ring (bicyclic) bond motifs is 1. The van der Waals surface area contributed by atoms with E-state index in [2.05, 4.69) is 50.6 Å². The van der Waals surface area contributed by atoms with Gasteiger partial charge in [0.05, 0.1) is 31.3 Å². The molecule has 1 aromatic heterocycles. The summed E-state index contributed by atoms with van der Waals surface area (Å²) in [6.07, 6.45) is 1.80. The number of hydrogen-bond donors (Lipinski definition) is 0. The molecule has 21 nitrogen and oxygen atoms in total. The van der Waals surface area contributed by atoms with E-state index in [1.165, 1.54) is 6.20 Å². The number of halogens is 2. The number of hydrogen-bond acceptors (Lipinski definition) is 19. The molecule has 5 rings (SSSR count). The molecule has 0 unspecified atom stereocenters. The monoisotopic (exact) mass is 929 g/mol. The summed E-state index contributed by atoms with van der Waals surface area (Å²) in [6.45, 7) is 9.81. The van der Waals surface area contributed by atoms with Crippen LogP contribution in [0.3, 0.4) is 0 Å². The van der Waals surface area contributed by atoms with Crippen molar-refractivity contribution in [1.29, 1.82) is 5.26 Å². The number of nitrogens with zero attached hydrogens (tertiary/aromatic N) is 9. The Morgan fingerprint density at radius 3 is 1.86 bits per heavy atom. The molecule has 1 aromatic carbocycles. The summed E-state index contributed by atoms with van der Waals surface area (Å²) in [4.78, 5) is 118. The van der Waals surface area contributed by atoms with Gasteiger partial charge in [-0.1, -0.05) is 0 Å². The minimum absolute atomic E-state index is 0.153. The molecule has 66 heavy (non-hydrogen) atoms. The average Bonchev–Trinajstić information content (AvgIpc) is 3.62. The van der Waals surface area contributed by atoms with Gasteiger partial charge in [-0.2, -0.15) is 34.0 Å². The molecule has 3 fully saturated rings. The van der Waals surface area contributed by atoms with Crippen molar-refractivity contribution >= 4 is 52.9 Å². The van der Waals surface area contributed by atoms with Gasteiger partial charge in [-0.3, -0.25) is 34.0 Å². The molecule has 1 atom stereocenters. The zero-order valence-corrected chi connectivity index (χ0v) is 37.5. The van der Waals surface area contributed by atoms with Crippen LogP contribution in [0.15, 0.2) is 30.5 Å². The number of benzene rings is 1. The lowest BCUT2D eigenvalue weighted by atomic mass is 10.0. The van der Waals surface area contributed by atoms with E-state index in [1.807, 2.05) is 0 Å². The van der Waals surface area contributed by atoms with Gasteiger partial charge < -0.3 is 34.0 Å². The highest BCUT2D eigenvalue weighted by molar-refractivity contribution is 6.08. The average molecular weight is 930 g/mol. The molecular formula is C43H57F2N9O12. The van der Waals surface area contributed by atoms with Gasteiger partial charge in [0.1, 0.15) is 11.8 Å². The predicted octanol–water partition coefficient (Wildman–Crippen LogP) is -0.226. The molecule has 23 heteroatoms. The number of aromatic nitrogens is 1. The van der Waals surface area contributed by atoms with Crippen molar-refractivity contribution in [3.63, 3.8) is 0 Å². The number of ether oxygens (including phenoxy) is 2. The summed E-state index contributed by atoms with van der Waals surface area (Å²) in [7, 11) is 6.34. The number of ketones is 1. The van der Waals surface area contributed by atoms with Gasteiger partial charge in [-0.25, -0.2) is 8.78 Å². The lowest BCUT2D eigenvalue weighted by molar-refractivity contribution is -0.193. The highest BCUT2D eigenvalue weighted by Gasteiger charge is 2.47. The molecule has 3 aliphatic rings. The van der Waals surface area contributed by atoms with Gasteiger partial charge in [0.2, 0.25) is 5.91 Å². The Morgan fingerprint density at radius 1 is 0.758 bits per heavy atom. The number of carbonyl (C=O) groups is 4. The van der Waals surface area contributed by atoms with Crippen molar-refractivity contribution < 1.29 is 66.2 Å². The second-order valence-electron chi connectivity index (χ2n) is 15.7. The van der Waals surface area contributed by atoms with Gasteiger partial charge in [0, 0.05) is 121 Å². The molecule has 2 aromatic rings. The first-order valence-electron chi connectivity index (χ1n) is 21.1. The number of amides is 2. The summed E-state index contributed by atoms with van der Waals surface area (Å²) in [5.74, 6) is -4.13. The SMILES string of the molecule is CN1CCN(C)CCN(CC(=O)OCC(=O)N2CCN(CCCOc3ccc4nccc(C(=O)CCC(=O)N5CC(F)(F)C[C@H]5C#N)c4c3)CC2)CCN(C)CC1.O=C=O.O=C=O.O=C=O. The smallest absolute Gasteiger partial charge is 0.373 e. The van der Waals surface area contributed by atoms with Gasteiger partial charge in [0.15, 0.2) is 12.4 Å². The Bertz CT molecular complexity index is 1980. The largest absolute Gasteiger partial charge is 0.494 e. The maximum Gasteiger partial charge on any atom is 0.373 e. The van der Waals surface area contributed by atoms with Gasteiger partial charge >= 0.3 is 24.4 Å². The molecule has 0 N–H and O–H groups in total. The van der Waals surface area contributed by atoms with Crippen molar-refractivity contribution in [3.8, 4) is 11.8 Å². The number of piperazine rings is 1. The number of esters is 1. The van der Waals surface area contributed by atoms with E-state index in [0.29, 0.717) is 55.0 Å². The third-order valence-corrected chi connectivity index (χ3v) is 11.0. The Labute approximate surface area is 381 Å². The first-order valence-corrected chi connectivity index (χ1v) is 21.1. The third-order valence-electron chi connectivity index (χ3n) is 11.0. The fourth-order valence-corrected chi connectivity index (χ4v) is 7.22. The molecule has 0 saturated carbocycles. The minimum Gasteiger partial charge on any atom is -0.494 e. The van der Waals surface area contributed by atoms with Crippen molar-refractivity contribution in [2.24, 2.45) is 0 Å². The second kappa shape index (κ2) is 30.1. The molecule has 360 valence electrons. The lowest BCUT2D eigenvalue weighted by Crippen LogP contribution is -2.50. The number of Topliss-reactive ketones (excluding diaryl/α,β-unsaturated/α-hetero) is 1. The maximum absolute atomic E-state index is 13.8. The van der Waals surface area contributed by atoms with Gasteiger partial charge in [-0.05, 0) is 51.8 Å². The van der Waals surface area contributed by atoms with Crippen LogP contribution in [-0.4, -0.2) is 226 Å². The Morgan fingerprint density at radius 2 is 1.30 bits per heavy atom.